The average molecular weight is 171 g/mol. The van der Waals surface area contributed by atoms with Gasteiger partial charge in [0.1, 0.15) is 0 Å². The van der Waals surface area contributed by atoms with Crippen LogP contribution in [0.1, 0.15) is 19.8 Å². The first kappa shape index (κ1) is 11.4. The molecule has 0 bridgehead atoms. The van der Waals surface area contributed by atoms with Crippen molar-refractivity contribution >= 4 is 6.21 Å². The molecule has 0 saturated carbocycles. The van der Waals surface area contributed by atoms with Crippen LogP contribution in [0, 0.1) is 0 Å². The quantitative estimate of drug-likeness (QED) is 0.458. The molecule has 0 saturated heterocycles. The van der Waals surface area contributed by atoms with E-state index >= 15 is 0 Å². The molecular formula is C9H21N3. The second-order valence-corrected chi connectivity index (χ2v) is 3.43. The van der Waals surface area contributed by atoms with Gasteiger partial charge in [0.25, 0.3) is 0 Å². The van der Waals surface area contributed by atoms with Crippen molar-refractivity contribution in [1.82, 2.24) is 9.91 Å². The van der Waals surface area contributed by atoms with Crippen LogP contribution in [-0.2, 0) is 0 Å². The third-order valence-corrected chi connectivity index (χ3v) is 1.72. The van der Waals surface area contributed by atoms with Crippen LogP contribution in [0.25, 0.3) is 0 Å². The van der Waals surface area contributed by atoms with Gasteiger partial charge in [-0.2, -0.15) is 5.10 Å². The zero-order chi connectivity index (χ0) is 9.56. The Bertz CT molecular complexity index is 130. The number of rotatable bonds is 5. The number of hydrogen-bond donors (Lipinski definition) is 0. The Morgan fingerprint density at radius 2 is 1.83 bits per heavy atom. The molecule has 0 aromatic heterocycles. The van der Waals surface area contributed by atoms with E-state index in [9.17, 15) is 0 Å². The average Bonchev–Trinajstić information content (AvgIpc) is 1.96. The van der Waals surface area contributed by atoms with Crippen molar-refractivity contribution in [3.63, 3.8) is 0 Å². The Morgan fingerprint density at radius 1 is 1.25 bits per heavy atom. The Labute approximate surface area is 76.0 Å². The lowest BCUT2D eigenvalue weighted by atomic mass is 10.2. The maximum Gasteiger partial charge on any atom is 0.0462 e. The highest BCUT2D eigenvalue weighted by Crippen LogP contribution is 2.00. The second-order valence-electron chi connectivity index (χ2n) is 3.43. The minimum absolute atomic E-state index is 0.470. The van der Waals surface area contributed by atoms with Crippen LogP contribution in [0.2, 0.25) is 0 Å². The van der Waals surface area contributed by atoms with Gasteiger partial charge in [-0.1, -0.05) is 13.3 Å². The van der Waals surface area contributed by atoms with Gasteiger partial charge in [0.2, 0.25) is 0 Å². The van der Waals surface area contributed by atoms with Gasteiger partial charge in [0.05, 0.1) is 0 Å². The highest BCUT2D eigenvalue weighted by atomic mass is 15.4. The molecule has 0 aliphatic rings. The smallest absolute Gasteiger partial charge is 0.0462 e. The number of nitrogens with zero attached hydrogens (tertiary/aromatic N) is 3. The molecule has 0 aliphatic heterocycles. The van der Waals surface area contributed by atoms with E-state index in [0.717, 1.165) is 0 Å². The monoisotopic (exact) mass is 171 g/mol. The molecule has 0 heterocycles. The summed E-state index contributed by atoms with van der Waals surface area (Å²) in [7, 11) is 8.05. The molecule has 0 fully saturated rings. The summed E-state index contributed by atoms with van der Waals surface area (Å²) in [6.07, 6.45) is 4.37. The zero-order valence-electron chi connectivity index (χ0n) is 8.91. The van der Waals surface area contributed by atoms with Gasteiger partial charge in [-0.3, -0.25) is 0 Å². The van der Waals surface area contributed by atoms with Gasteiger partial charge in [0, 0.05) is 26.4 Å². The maximum atomic E-state index is 4.23. The summed E-state index contributed by atoms with van der Waals surface area (Å²) < 4.78 is 0. The summed E-state index contributed by atoms with van der Waals surface area (Å²) in [5.41, 5.74) is 0. The highest BCUT2D eigenvalue weighted by Gasteiger charge is 2.05. The van der Waals surface area contributed by atoms with Gasteiger partial charge in [0.15, 0.2) is 0 Å². The first-order valence-electron chi connectivity index (χ1n) is 4.45. The molecule has 12 heavy (non-hydrogen) atoms. The third kappa shape index (κ3) is 5.13. The van der Waals surface area contributed by atoms with E-state index in [2.05, 4.69) is 31.0 Å². The predicted octanol–water partition coefficient (Wildman–Crippen LogP) is 1.26. The topological polar surface area (TPSA) is 18.8 Å². The molecule has 0 radical (unpaired) electrons. The van der Waals surface area contributed by atoms with E-state index in [1.54, 1.807) is 0 Å². The normalized spacial score (nSPS) is 14.2. The summed E-state index contributed by atoms with van der Waals surface area (Å²) in [4.78, 5) is 2.19. The molecule has 0 aromatic carbocycles. The van der Waals surface area contributed by atoms with Crippen LogP contribution in [0.5, 0.6) is 0 Å². The molecule has 0 aliphatic carbocycles. The highest BCUT2D eigenvalue weighted by molar-refractivity contribution is 5.63. The fourth-order valence-corrected chi connectivity index (χ4v) is 0.972. The van der Waals surface area contributed by atoms with E-state index in [0.29, 0.717) is 6.04 Å². The van der Waals surface area contributed by atoms with Crippen molar-refractivity contribution < 1.29 is 0 Å². The van der Waals surface area contributed by atoms with Crippen LogP contribution < -0.4 is 0 Å². The van der Waals surface area contributed by atoms with Crippen molar-refractivity contribution in [2.45, 2.75) is 25.8 Å². The molecule has 1 unspecified atom stereocenters. The second kappa shape index (κ2) is 6.00. The van der Waals surface area contributed by atoms with Gasteiger partial charge in [-0.25, -0.2) is 0 Å². The molecule has 0 spiro atoms. The van der Waals surface area contributed by atoms with Crippen LogP contribution in [0.3, 0.4) is 0 Å². The maximum absolute atomic E-state index is 4.23. The van der Waals surface area contributed by atoms with E-state index < -0.39 is 0 Å². The minimum Gasteiger partial charge on any atom is -0.303 e. The summed E-state index contributed by atoms with van der Waals surface area (Å²) in [5, 5.41) is 6.06. The SMILES string of the molecule is CCCC(/C=N/N(C)C)N(C)C. The van der Waals surface area contributed by atoms with Crippen molar-refractivity contribution in [3.05, 3.63) is 0 Å². The minimum atomic E-state index is 0.470. The number of hydrogen-bond acceptors (Lipinski definition) is 3. The van der Waals surface area contributed by atoms with Crippen LogP contribution in [0.15, 0.2) is 5.10 Å². The lowest BCUT2D eigenvalue weighted by Crippen LogP contribution is -2.29. The predicted molar refractivity (Wildman–Crippen MR) is 54.6 cm³/mol. The van der Waals surface area contributed by atoms with E-state index in [4.69, 9.17) is 0 Å². The largest absolute Gasteiger partial charge is 0.303 e. The van der Waals surface area contributed by atoms with Crippen LogP contribution >= 0.6 is 0 Å². The Morgan fingerprint density at radius 3 is 2.17 bits per heavy atom. The summed E-state index contributed by atoms with van der Waals surface area (Å²) >= 11 is 0. The van der Waals surface area contributed by atoms with Gasteiger partial charge >= 0.3 is 0 Å². The van der Waals surface area contributed by atoms with Gasteiger partial charge in [-0.15, -0.1) is 0 Å². The molecule has 3 nitrogen and oxygen atoms in total. The molecule has 0 aromatic rings. The van der Waals surface area contributed by atoms with Crippen molar-refractivity contribution in [3.8, 4) is 0 Å². The summed E-state index contributed by atoms with van der Waals surface area (Å²) in [6, 6.07) is 0.470. The van der Waals surface area contributed by atoms with Crippen LogP contribution in [-0.4, -0.2) is 50.4 Å². The van der Waals surface area contributed by atoms with Gasteiger partial charge in [-0.05, 0) is 20.5 Å². The van der Waals surface area contributed by atoms with E-state index in [-0.39, 0.29) is 0 Å². The fraction of sp³-hybridized carbons (Fsp3) is 0.889. The Hall–Kier alpha value is -0.570. The Balaban J connectivity index is 3.94. The van der Waals surface area contributed by atoms with Crippen LogP contribution in [0.4, 0.5) is 0 Å². The molecular weight excluding hydrogens is 150 g/mol. The molecule has 1 atom stereocenters. The van der Waals surface area contributed by atoms with E-state index in [1.807, 2.05) is 25.3 Å². The van der Waals surface area contributed by atoms with Crippen molar-refractivity contribution in [2.75, 3.05) is 28.2 Å². The molecule has 0 N–H and O–H groups in total. The summed E-state index contributed by atoms with van der Waals surface area (Å²) in [6.45, 7) is 2.19. The van der Waals surface area contributed by atoms with Crippen molar-refractivity contribution in [1.29, 1.82) is 0 Å². The fourth-order valence-electron chi connectivity index (χ4n) is 0.972. The Kier molecular flexibility index (Phi) is 5.72. The summed E-state index contributed by atoms with van der Waals surface area (Å²) in [5.74, 6) is 0. The van der Waals surface area contributed by atoms with Crippen molar-refractivity contribution in [2.24, 2.45) is 5.10 Å². The molecule has 3 heteroatoms. The number of hydrazone groups is 1. The zero-order valence-corrected chi connectivity index (χ0v) is 8.91. The molecule has 72 valence electrons. The molecule has 0 rings (SSSR count). The lowest BCUT2D eigenvalue weighted by Gasteiger charge is -2.19. The first-order valence-corrected chi connectivity index (χ1v) is 4.45. The lowest BCUT2D eigenvalue weighted by molar-refractivity contribution is 0.342. The first-order chi connectivity index (χ1) is 5.57. The third-order valence-electron chi connectivity index (χ3n) is 1.72. The van der Waals surface area contributed by atoms with E-state index in [1.165, 1.54) is 12.8 Å². The molecule has 0 amide bonds. The standard InChI is InChI=1S/C9H21N3/c1-6-7-9(11(2)3)8-10-12(4)5/h8-9H,6-7H2,1-5H3/b10-8+. The van der Waals surface area contributed by atoms with Gasteiger partial charge < -0.3 is 9.91 Å².